The molecule has 2 heteroatoms. The number of hydrogen-bond acceptors (Lipinski definition) is 2. The summed E-state index contributed by atoms with van der Waals surface area (Å²) in [5.41, 5.74) is 0.695. The van der Waals surface area contributed by atoms with E-state index in [-0.39, 0.29) is 5.69 Å². The Morgan fingerprint density at radius 2 is 1.17 bits per heavy atom. The van der Waals surface area contributed by atoms with Gasteiger partial charge in [0.2, 0.25) is 0 Å². The number of fused-ring (bicyclic) bond motifs is 4. The maximum absolute atomic E-state index is 9.59. The van der Waals surface area contributed by atoms with Crippen molar-refractivity contribution in [1.29, 1.82) is 0 Å². The van der Waals surface area contributed by atoms with Crippen LogP contribution < -0.4 is 4.90 Å². The Morgan fingerprint density at radius 3 is 2.00 bits per heavy atom. The quantitative estimate of drug-likeness (QED) is 0.174. The highest BCUT2D eigenvalue weighted by molar-refractivity contribution is 7.26. The molecule has 0 bridgehead atoms. The van der Waals surface area contributed by atoms with Crippen LogP contribution in [0, 0.1) is 0 Å². The summed E-state index contributed by atoms with van der Waals surface area (Å²) in [6.45, 7) is 0. The Hall–Kier alpha value is -5.96. The fourth-order valence-corrected chi connectivity index (χ4v) is 7.03. The Morgan fingerprint density at radius 1 is 0.438 bits per heavy atom. The third-order valence-electron chi connectivity index (χ3n) is 8.13. The zero-order valence-corrected chi connectivity index (χ0v) is 25.9. The lowest BCUT2D eigenvalue weighted by Crippen LogP contribution is -2.10. The summed E-state index contributed by atoms with van der Waals surface area (Å²) >= 11 is 1.57. The number of hydrogen-bond donors (Lipinski definition) is 0. The van der Waals surface area contributed by atoms with Crippen LogP contribution in [0.25, 0.3) is 64.3 Å². The van der Waals surface area contributed by atoms with Crippen LogP contribution in [0.2, 0.25) is 0 Å². The van der Waals surface area contributed by atoms with Gasteiger partial charge >= 0.3 is 0 Å². The average Bonchev–Trinajstić information content (AvgIpc) is 3.68. The Kier molecular flexibility index (Phi) is 4.19. The second-order valence-electron chi connectivity index (χ2n) is 11.0. The molecule has 0 unspecified atom stereocenters. The fourth-order valence-electron chi connectivity index (χ4n) is 5.90. The first kappa shape index (κ1) is 16.7. The van der Waals surface area contributed by atoms with Gasteiger partial charge in [0.25, 0.3) is 0 Å². The maximum Gasteiger partial charge on any atom is 0.0645 e. The van der Waals surface area contributed by atoms with E-state index in [1.54, 1.807) is 16.2 Å². The molecular weight excluding hydrogens is 599 g/mol. The Bertz CT molecular complexity index is 3350. The topological polar surface area (TPSA) is 3.24 Å². The molecule has 0 radical (unpaired) electrons. The van der Waals surface area contributed by atoms with Crippen molar-refractivity contribution in [2.45, 2.75) is 0 Å². The normalized spacial score (nSPS) is 15.7. The number of rotatable bonds is 6. The SMILES string of the molecule is [2H]c1c([2H])c([2H])c(-c2c([2H])c([2H])c([2H])c3c([2H])c(-c4c([2H])c([2H])c(N(c5ccc(-c6ccccc6)cc5)c5cccc6sc7ccccc7c56)c([2H])c4[2H])c([2H])c([2H])c23)c([2H])c1[2H]. The van der Waals surface area contributed by atoms with Crippen LogP contribution in [0.3, 0.4) is 0 Å². The molecule has 0 saturated heterocycles. The molecular formula is C46H31NS. The summed E-state index contributed by atoms with van der Waals surface area (Å²) in [6.07, 6.45) is 0. The Labute approximate surface area is 305 Å². The second kappa shape index (κ2) is 12.0. The predicted octanol–water partition coefficient (Wildman–Crippen LogP) is 13.7. The molecule has 9 aromatic rings. The van der Waals surface area contributed by atoms with Crippen molar-refractivity contribution < 1.29 is 20.6 Å². The van der Waals surface area contributed by atoms with Crippen molar-refractivity contribution in [2.24, 2.45) is 0 Å². The molecule has 0 aliphatic heterocycles. The molecule has 226 valence electrons. The van der Waals surface area contributed by atoms with E-state index in [9.17, 15) is 9.60 Å². The minimum absolute atomic E-state index is 0.133. The van der Waals surface area contributed by atoms with Crippen LogP contribution >= 0.6 is 11.3 Å². The molecule has 9 rings (SSSR count). The molecule has 0 aliphatic carbocycles. The van der Waals surface area contributed by atoms with Crippen LogP contribution in [-0.2, 0) is 0 Å². The summed E-state index contributed by atoms with van der Waals surface area (Å²) in [5, 5.41) is 0.776. The smallest absolute Gasteiger partial charge is 0.0645 e. The van der Waals surface area contributed by atoms with E-state index in [4.69, 9.17) is 11.0 Å². The highest BCUT2D eigenvalue weighted by atomic mass is 32.1. The van der Waals surface area contributed by atoms with Crippen molar-refractivity contribution in [1.82, 2.24) is 0 Å². The lowest BCUT2D eigenvalue weighted by atomic mass is 9.95. The van der Waals surface area contributed by atoms with Crippen LogP contribution in [0.1, 0.15) is 20.6 Å². The van der Waals surface area contributed by atoms with E-state index in [0.29, 0.717) is 11.4 Å². The van der Waals surface area contributed by atoms with E-state index < -0.39 is 124 Å². The molecule has 1 aromatic heterocycles. The van der Waals surface area contributed by atoms with Gasteiger partial charge in [-0.3, -0.25) is 0 Å². The minimum atomic E-state index is -0.792. The van der Waals surface area contributed by atoms with Gasteiger partial charge in [0.15, 0.2) is 0 Å². The second-order valence-corrected chi connectivity index (χ2v) is 12.1. The van der Waals surface area contributed by atoms with Gasteiger partial charge in [0.05, 0.1) is 26.2 Å². The van der Waals surface area contributed by atoms with E-state index in [1.165, 1.54) is 0 Å². The predicted molar refractivity (Wildman–Crippen MR) is 208 cm³/mol. The highest BCUT2D eigenvalue weighted by Gasteiger charge is 2.19. The zero-order valence-electron chi connectivity index (χ0n) is 40.1. The first-order valence-electron chi connectivity index (χ1n) is 22.6. The van der Waals surface area contributed by atoms with Crippen molar-refractivity contribution in [3.8, 4) is 33.4 Å². The highest BCUT2D eigenvalue weighted by Crippen LogP contribution is 2.45. The molecule has 8 aromatic carbocycles. The van der Waals surface area contributed by atoms with Gasteiger partial charge in [-0.1, -0.05) is 139 Å². The van der Waals surface area contributed by atoms with E-state index in [0.717, 1.165) is 31.3 Å². The summed E-state index contributed by atoms with van der Waals surface area (Å²) in [7, 11) is 0. The number of nitrogens with zero attached hydrogens (tertiary/aromatic N) is 1. The van der Waals surface area contributed by atoms with Gasteiger partial charge in [-0.25, -0.2) is 0 Å². The molecule has 1 heterocycles. The molecule has 48 heavy (non-hydrogen) atoms. The largest absolute Gasteiger partial charge is 0.310 e. The zero-order chi connectivity index (χ0) is 44.9. The van der Waals surface area contributed by atoms with Crippen LogP contribution in [-0.4, -0.2) is 0 Å². The van der Waals surface area contributed by atoms with Crippen molar-refractivity contribution >= 4 is 59.3 Å². The number of thiophene rings is 1. The molecule has 0 saturated carbocycles. The number of benzene rings is 8. The molecule has 0 amide bonds. The van der Waals surface area contributed by atoms with Crippen molar-refractivity contribution in [3.05, 3.63) is 188 Å². The summed E-state index contributed by atoms with van der Waals surface area (Å²) in [4.78, 5) is 1.66. The first-order chi connectivity index (χ1) is 30.1. The molecule has 0 fully saturated rings. The van der Waals surface area contributed by atoms with Gasteiger partial charge in [-0.05, 0) is 92.6 Å². The van der Waals surface area contributed by atoms with E-state index >= 15 is 0 Å². The van der Waals surface area contributed by atoms with Gasteiger partial charge in [-0.2, -0.15) is 0 Å². The third-order valence-corrected chi connectivity index (χ3v) is 9.26. The number of anilines is 3. The minimum Gasteiger partial charge on any atom is -0.310 e. The van der Waals surface area contributed by atoms with Crippen LogP contribution in [0.15, 0.2) is 188 Å². The van der Waals surface area contributed by atoms with Crippen molar-refractivity contribution in [2.75, 3.05) is 4.90 Å². The molecule has 1 nitrogen and oxygen atoms in total. The Balaban J connectivity index is 1.33. The van der Waals surface area contributed by atoms with Gasteiger partial charge in [0, 0.05) is 31.5 Å². The van der Waals surface area contributed by atoms with Gasteiger partial charge in [-0.15, -0.1) is 11.3 Å². The van der Waals surface area contributed by atoms with E-state index in [1.807, 2.05) is 97.1 Å². The first-order valence-corrected chi connectivity index (χ1v) is 15.9. The maximum atomic E-state index is 9.59. The molecule has 0 aliphatic rings. The van der Waals surface area contributed by atoms with Gasteiger partial charge < -0.3 is 4.90 Å². The van der Waals surface area contributed by atoms with Crippen LogP contribution in [0.5, 0.6) is 0 Å². The van der Waals surface area contributed by atoms with Crippen molar-refractivity contribution in [3.63, 3.8) is 0 Å². The molecule has 0 N–H and O–H groups in total. The monoisotopic (exact) mass is 644 g/mol. The summed E-state index contributed by atoms with van der Waals surface area (Å²) in [5.74, 6) is 0. The lowest BCUT2D eigenvalue weighted by molar-refractivity contribution is 1.30. The van der Waals surface area contributed by atoms with E-state index in [2.05, 4.69) is 0 Å². The summed E-state index contributed by atoms with van der Waals surface area (Å²) < 4.78 is 136. The standard InChI is InChI=1S/C46H31NS/c1-3-11-32(12-4-1)33-21-26-38(27-22-33)47(43-18-10-20-45-46(43)42-16-7-8-19-44(42)48-45)39-28-23-34(24-29-39)36-25-30-41-37(31-36)15-9-17-40(41)35-13-5-2-6-14-35/h1-31H/i2D,5D,6D,9D,13D,14D,15D,17D,23D,24D,25D,28D,29D,30D,31D. The van der Waals surface area contributed by atoms with Crippen LogP contribution in [0.4, 0.5) is 17.1 Å². The summed E-state index contributed by atoms with van der Waals surface area (Å²) in [6, 6.07) is 20.0. The molecule has 0 atom stereocenters. The molecule has 0 spiro atoms. The fraction of sp³-hybridized carbons (Fsp3) is 0. The lowest BCUT2D eigenvalue weighted by Gasteiger charge is -2.27. The third kappa shape index (κ3) is 5.04. The van der Waals surface area contributed by atoms with Gasteiger partial charge in [0.1, 0.15) is 0 Å². The average molecular weight is 645 g/mol.